The number of carbonyl (C=O) groups is 3. The van der Waals surface area contributed by atoms with Crippen molar-refractivity contribution in [1.29, 1.82) is 0 Å². The second kappa shape index (κ2) is 9.52. The van der Waals surface area contributed by atoms with Gasteiger partial charge in [-0.15, -0.1) is 0 Å². The van der Waals surface area contributed by atoms with Crippen molar-refractivity contribution in [3.8, 4) is 0 Å². The van der Waals surface area contributed by atoms with Crippen molar-refractivity contribution in [2.75, 3.05) is 11.9 Å². The Morgan fingerprint density at radius 1 is 1.03 bits per heavy atom. The second-order valence-corrected chi connectivity index (χ2v) is 7.87. The van der Waals surface area contributed by atoms with Crippen molar-refractivity contribution < 1.29 is 18.8 Å². The van der Waals surface area contributed by atoms with Crippen LogP contribution < -0.4 is 16.4 Å². The Morgan fingerprint density at radius 3 is 2.45 bits per heavy atom. The summed E-state index contributed by atoms with van der Waals surface area (Å²) in [4.78, 5) is 38.4. The minimum absolute atomic E-state index is 0.289. The topological polar surface area (TPSA) is 105 Å². The highest BCUT2D eigenvalue weighted by Gasteiger charge is 2.25. The lowest BCUT2D eigenvalue weighted by atomic mass is 10.0. The number of allylic oxidation sites excluding steroid dienone is 3. The Morgan fingerprint density at radius 2 is 1.76 bits per heavy atom. The van der Waals surface area contributed by atoms with Crippen LogP contribution >= 0.6 is 0 Å². The first-order valence-electron chi connectivity index (χ1n) is 10.5. The van der Waals surface area contributed by atoms with Crippen LogP contribution in [0.1, 0.15) is 22.3 Å². The molecule has 8 heteroatoms. The molecule has 7 nitrogen and oxygen atoms in total. The summed E-state index contributed by atoms with van der Waals surface area (Å²) in [6.07, 6.45) is 5.37. The van der Waals surface area contributed by atoms with Gasteiger partial charge in [0.1, 0.15) is 11.9 Å². The fourth-order valence-corrected chi connectivity index (χ4v) is 3.70. The van der Waals surface area contributed by atoms with E-state index in [9.17, 15) is 18.8 Å². The van der Waals surface area contributed by atoms with E-state index in [0.29, 0.717) is 24.2 Å². The number of halogens is 1. The van der Waals surface area contributed by atoms with Gasteiger partial charge in [-0.1, -0.05) is 30.3 Å². The molecule has 0 saturated heterocycles. The molecule has 1 heterocycles. The molecule has 33 heavy (non-hydrogen) atoms. The molecule has 2 aromatic rings. The van der Waals surface area contributed by atoms with Gasteiger partial charge in [0.05, 0.1) is 6.54 Å². The number of amides is 4. The predicted molar refractivity (Wildman–Crippen MR) is 123 cm³/mol. The van der Waals surface area contributed by atoms with Crippen LogP contribution in [0.15, 0.2) is 89.9 Å². The summed E-state index contributed by atoms with van der Waals surface area (Å²) < 4.78 is 13.4. The van der Waals surface area contributed by atoms with Gasteiger partial charge < -0.3 is 16.4 Å². The minimum atomic E-state index is -0.848. The van der Waals surface area contributed by atoms with Gasteiger partial charge in [0.15, 0.2) is 0 Å². The van der Waals surface area contributed by atoms with Crippen LogP contribution in [0.2, 0.25) is 0 Å². The number of benzene rings is 2. The summed E-state index contributed by atoms with van der Waals surface area (Å²) in [5.41, 5.74) is 8.87. The van der Waals surface area contributed by atoms with Crippen LogP contribution in [0.5, 0.6) is 0 Å². The van der Waals surface area contributed by atoms with Gasteiger partial charge >= 0.3 is 6.03 Å². The Hall–Kier alpha value is -4.20. The zero-order chi connectivity index (χ0) is 23.4. The highest BCUT2D eigenvalue weighted by atomic mass is 19.1. The van der Waals surface area contributed by atoms with Gasteiger partial charge in [-0.25, -0.2) is 9.18 Å². The fraction of sp³-hybridized carbons (Fsp3) is 0.160. The molecule has 1 aliphatic carbocycles. The zero-order valence-corrected chi connectivity index (χ0v) is 17.8. The summed E-state index contributed by atoms with van der Waals surface area (Å²) in [6, 6.07) is 14.4. The molecule has 0 fully saturated rings. The van der Waals surface area contributed by atoms with Crippen molar-refractivity contribution in [3.63, 3.8) is 0 Å². The number of carbonyl (C=O) groups excluding carboxylic acids is 3. The highest BCUT2D eigenvalue weighted by molar-refractivity contribution is 5.98. The maximum absolute atomic E-state index is 13.4. The molecule has 2 aliphatic rings. The molecule has 168 valence electrons. The lowest BCUT2D eigenvalue weighted by Gasteiger charge is -2.16. The maximum atomic E-state index is 13.4. The average Bonchev–Trinajstić information content (AvgIpc) is 3.23. The first-order valence-corrected chi connectivity index (χ1v) is 10.5. The summed E-state index contributed by atoms with van der Waals surface area (Å²) in [7, 11) is 0. The molecular weight excluding hydrogens is 423 g/mol. The van der Waals surface area contributed by atoms with E-state index in [1.54, 1.807) is 30.5 Å². The zero-order valence-electron chi connectivity index (χ0n) is 17.8. The van der Waals surface area contributed by atoms with E-state index >= 15 is 0 Å². The Kier molecular flexibility index (Phi) is 6.35. The Balaban J connectivity index is 1.35. The molecule has 2 aromatic carbocycles. The molecule has 4 amide bonds. The van der Waals surface area contributed by atoms with Crippen molar-refractivity contribution in [2.24, 2.45) is 5.73 Å². The molecule has 4 rings (SSSR count). The normalized spacial score (nSPS) is 15.5. The maximum Gasteiger partial charge on any atom is 0.326 e. The third-order valence-corrected chi connectivity index (χ3v) is 5.48. The monoisotopic (exact) mass is 446 g/mol. The molecule has 0 saturated carbocycles. The molecule has 1 atom stereocenters. The molecule has 0 radical (unpaired) electrons. The van der Waals surface area contributed by atoms with Crippen molar-refractivity contribution in [3.05, 3.63) is 101 Å². The summed E-state index contributed by atoms with van der Waals surface area (Å²) in [6.45, 7) is 0.304. The molecule has 4 N–H and O–H groups in total. The SMILES string of the molecule is NC(=O)[C@@H](Cc1ccccc1)NC(=O)c1ccc(NC(=O)N2C=C3CC=C(F)C=C3C2)cc1. The predicted octanol–water partition coefficient (Wildman–Crippen LogP) is 3.43. The van der Waals surface area contributed by atoms with Crippen molar-refractivity contribution in [2.45, 2.75) is 18.9 Å². The van der Waals surface area contributed by atoms with Crippen LogP contribution in [0.4, 0.5) is 14.9 Å². The van der Waals surface area contributed by atoms with Crippen LogP contribution in [-0.4, -0.2) is 35.3 Å². The molecule has 1 aliphatic heterocycles. The van der Waals surface area contributed by atoms with E-state index in [-0.39, 0.29) is 18.3 Å². The van der Waals surface area contributed by atoms with Gasteiger partial charge in [0.2, 0.25) is 5.91 Å². The van der Waals surface area contributed by atoms with E-state index in [1.165, 1.54) is 17.1 Å². The van der Waals surface area contributed by atoms with E-state index < -0.39 is 17.9 Å². The van der Waals surface area contributed by atoms with Gasteiger partial charge in [-0.2, -0.15) is 0 Å². The number of hydrogen-bond acceptors (Lipinski definition) is 3. The lowest BCUT2D eigenvalue weighted by Crippen LogP contribution is -2.45. The van der Waals surface area contributed by atoms with E-state index in [4.69, 9.17) is 5.73 Å². The molecule has 0 spiro atoms. The minimum Gasteiger partial charge on any atom is -0.368 e. The number of fused-ring (bicyclic) bond motifs is 1. The number of anilines is 1. The third kappa shape index (κ3) is 5.35. The highest BCUT2D eigenvalue weighted by Crippen LogP contribution is 2.30. The van der Waals surface area contributed by atoms with E-state index in [2.05, 4.69) is 10.6 Å². The summed E-state index contributed by atoms with van der Waals surface area (Å²) >= 11 is 0. The van der Waals surface area contributed by atoms with Crippen LogP contribution in [0.3, 0.4) is 0 Å². The van der Waals surface area contributed by atoms with Crippen molar-refractivity contribution >= 4 is 23.5 Å². The second-order valence-electron chi connectivity index (χ2n) is 7.87. The van der Waals surface area contributed by atoms with Crippen LogP contribution in [0.25, 0.3) is 0 Å². The molecule has 0 bridgehead atoms. The Bertz CT molecular complexity index is 1170. The number of nitrogens with zero attached hydrogens (tertiary/aromatic N) is 1. The van der Waals surface area contributed by atoms with Crippen LogP contribution in [-0.2, 0) is 11.2 Å². The average molecular weight is 446 g/mol. The van der Waals surface area contributed by atoms with Crippen LogP contribution in [0, 0.1) is 0 Å². The van der Waals surface area contributed by atoms with Gasteiger partial charge in [0, 0.05) is 23.9 Å². The number of rotatable bonds is 6. The first kappa shape index (κ1) is 22.0. The van der Waals surface area contributed by atoms with E-state index in [0.717, 1.165) is 16.7 Å². The first-order chi connectivity index (χ1) is 15.9. The number of nitrogens with one attached hydrogen (secondary N) is 2. The number of hydrogen-bond donors (Lipinski definition) is 3. The van der Waals surface area contributed by atoms with Gasteiger partial charge in [-0.05, 0) is 59.5 Å². The number of urea groups is 1. The molecule has 0 unspecified atom stereocenters. The standard InChI is InChI=1S/C25H23FN4O3/c26-20-9-6-18-14-30(15-19(18)13-20)25(33)28-21-10-7-17(8-11-21)24(32)29-22(23(27)31)12-16-4-2-1-3-5-16/h1-5,7-11,13-14,22H,6,12,15H2,(H2,27,31)(H,28,33)(H,29,32)/t22-/m1/s1. The summed E-state index contributed by atoms with van der Waals surface area (Å²) in [5, 5.41) is 5.42. The molecule has 0 aromatic heterocycles. The van der Waals surface area contributed by atoms with Gasteiger partial charge in [0.25, 0.3) is 5.91 Å². The lowest BCUT2D eigenvalue weighted by molar-refractivity contribution is -0.119. The molecular formula is C25H23FN4O3. The quantitative estimate of drug-likeness (QED) is 0.633. The largest absolute Gasteiger partial charge is 0.368 e. The smallest absolute Gasteiger partial charge is 0.326 e. The van der Waals surface area contributed by atoms with E-state index in [1.807, 2.05) is 30.3 Å². The number of nitrogens with two attached hydrogens (primary N) is 1. The number of primary amides is 1. The van der Waals surface area contributed by atoms with Crippen molar-refractivity contribution in [1.82, 2.24) is 10.2 Å². The van der Waals surface area contributed by atoms with Gasteiger partial charge in [-0.3, -0.25) is 14.5 Å². The fourth-order valence-electron chi connectivity index (χ4n) is 3.70. The Labute approximate surface area is 190 Å². The summed E-state index contributed by atoms with van der Waals surface area (Å²) in [5.74, 6) is -1.36. The third-order valence-electron chi connectivity index (χ3n) is 5.48.